The number of rotatable bonds is 7. The summed E-state index contributed by atoms with van der Waals surface area (Å²) >= 11 is 0. The Balaban J connectivity index is 1.73. The fourth-order valence-electron chi connectivity index (χ4n) is 2.41. The maximum atomic E-state index is 12.0. The van der Waals surface area contributed by atoms with E-state index in [1.54, 1.807) is 0 Å². The molecule has 0 aliphatic heterocycles. The molecule has 0 radical (unpaired) electrons. The Morgan fingerprint density at radius 2 is 1.50 bits per heavy atom. The fraction of sp³-hybridized carbons (Fsp3) is 0.409. The highest BCUT2D eigenvalue weighted by Crippen LogP contribution is 2.24. The molecule has 0 unspecified atom stereocenters. The number of ether oxygens (including phenoxy) is 2. The zero-order chi connectivity index (χ0) is 19.2. The molecule has 0 aliphatic rings. The minimum atomic E-state index is -0.162. The zero-order valence-corrected chi connectivity index (χ0v) is 16.3. The number of aryl methyl sites for hydroxylation is 1. The predicted octanol–water partition coefficient (Wildman–Crippen LogP) is 4.26. The van der Waals surface area contributed by atoms with E-state index in [9.17, 15) is 4.79 Å². The molecule has 0 saturated carbocycles. The van der Waals surface area contributed by atoms with Crippen molar-refractivity contribution >= 4 is 5.91 Å². The first-order chi connectivity index (χ1) is 12.2. The van der Waals surface area contributed by atoms with Crippen molar-refractivity contribution in [1.29, 1.82) is 0 Å². The molecule has 0 aliphatic carbocycles. The van der Waals surface area contributed by atoms with Gasteiger partial charge in [-0.25, -0.2) is 0 Å². The molecule has 0 bridgehead atoms. The number of carbonyl (C=O) groups excluding carboxylic acids is 1. The monoisotopic (exact) mass is 355 g/mol. The Labute approximate surface area is 156 Å². The van der Waals surface area contributed by atoms with E-state index in [0.717, 1.165) is 5.75 Å². The van der Waals surface area contributed by atoms with Gasteiger partial charge in [0.05, 0.1) is 6.04 Å². The molecule has 26 heavy (non-hydrogen) atoms. The van der Waals surface area contributed by atoms with Crippen LogP contribution in [-0.2, 0) is 10.2 Å². The van der Waals surface area contributed by atoms with E-state index in [0.29, 0.717) is 12.4 Å². The molecular weight excluding hydrogens is 326 g/mol. The van der Waals surface area contributed by atoms with Crippen LogP contribution in [0.25, 0.3) is 0 Å². The summed E-state index contributed by atoms with van der Waals surface area (Å²) in [7, 11) is 0. The minimum Gasteiger partial charge on any atom is -0.491 e. The van der Waals surface area contributed by atoms with Gasteiger partial charge in [-0.2, -0.15) is 0 Å². The summed E-state index contributed by atoms with van der Waals surface area (Å²) in [6.45, 7) is 10.8. The van der Waals surface area contributed by atoms with Crippen molar-refractivity contribution in [1.82, 2.24) is 5.32 Å². The molecule has 0 saturated heterocycles. The first-order valence-corrected chi connectivity index (χ1v) is 8.96. The van der Waals surface area contributed by atoms with Gasteiger partial charge in [0.25, 0.3) is 5.91 Å². The Morgan fingerprint density at radius 1 is 0.962 bits per heavy atom. The number of carbonyl (C=O) groups is 1. The lowest BCUT2D eigenvalue weighted by molar-refractivity contribution is -0.123. The summed E-state index contributed by atoms with van der Waals surface area (Å²) in [6, 6.07) is 15.6. The molecule has 0 spiro atoms. The highest BCUT2D eigenvalue weighted by atomic mass is 16.5. The van der Waals surface area contributed by atoms with Gasteiger partial charge in [-0.3, -0.25) is 4.79 Å². The Morgan fingerprint density at radius 3 is 2.08 bits per heavy atom. The quantitative estimate of drug-likeness (QED) is 0.807. The van der Waals surface area contributed by atoms with E-state index in [-0.39, 0.29) is 24.0 Å². The van der Waals surface area contributed by atoms with Gasteiger partial charge in [-0.1, -0.05) is 50.6 Å². The van der Waals surface area contributed by atoms with Crippen LogP contribution in [-0.4, -0.2) is 25.2 Å². The molecule has 1 N–H and O–H groups in total. The van der Waals surface area contributed by atoms with Crippen LogP contribution in [0.5, 0.6) is 11.5 Å². The van der Waals surface area contributed by atoms with E-state index in [2.05, 4.69) is 26.1 Å². The summed E-state index contributed by atoms with van der Waals surface area (Å²) in [4.78, 5) is 12.0. The van der Waals surface area contributed by atoms with Crippen LogP contribution >= 0.6 is 0 Å². The average Bonchev–Trinajstić information content (AvgIpc) is 2.59. The first-order valence-electron chi connectivity index (χ1n) is 8.96. The second-order valence-electron chi connectivity index (χ2n) is 7.66. The second kappa shape index (κ2) is 8.75. The van der Waals surface area contributed by atoms with Crippen LogP contribution in [0.15, 0.2) is 48.5 Å². The summed E-state index contributed by atoms with van der Waals surface area (Å²) in [5.74, 6) is 1.33. The van der Waals surface area contributed by atoms with Gasteiger partial charge < -0.3 is 14.8 Å². The van der Waals surface area contributed by atoms with Crippen molar-refractivity contribution in [3.8, 4) is 11.5 Å². The van der Waals surface area contributed by atoms with Gasteiger partial charge in [0.1, 0.15) is 18.1 Å². The van der Waals surface area contributed by atoms with Gasteiger partial charge in [0.2, 0.25) is 0 Å². The smallest absolute Gasteiger partial charge is 0.258 e. The standard InChI is InChI=1S/C22H29NO3/c1-16-6-10-19(11-7-16)25-14-17(2)23-21(24)15-26-20-12-8-18(9-13-20)22(3,4)5/h6-13,17H,14-15H2,1-5H3,(H,23,24)/t17-/m1/s1. The normalized spacial score (nSPS) is 12.3. The van der Waals surface area contributed by atoms with Crippen molar-refractivity contribution in [3.05, 3.63) is 59.7 Å². The summed E-state index contributed by atoms with van der Waals surface area (Å²) in [5.41, 5.74) is 2.52. The minimum absolute atomic E-state index is 0.0102. The molecule has 1 atom stereocenters. The number of hydrogen-bond acceptors (Lipinski definition) is 3. The highest BCUT2D eigenvalue weighted by Gasteiger charge is 2.13. The molecule has 0 heterocycles. The van der Waals surface area contributed by atoms with E-state index in [1.165, 1.54) is 11.1 Å². The van der Waals surface area contributed by atoms with Crippen LogP contribution in [0.4, 0.5) is 0 Å². The lowest BCUT2D eigenvalue weighted by atomic mass is 9.87. The van der Waals surface area contributed by atoms with Crippen LogP contribution in [0.2, 0.25) is 0 Å². The predicted molar refractivity (Wildman–Crippen MR) is 105 cm³/mol. The number of amides is 1. The third-order valence-corrected chi connectivity index (χ3v) is 4.02. The zero-order valence-electron chi connectivity index (χ0n) is 16.3. The van der Waals surface area contributed by atoms with Crippen molar-refractivity contribution in [3.63, 3.8) is 0 Å². The molecule has 140 valence electrons. The molecule has 1 amide bonds. The van der Waals surface area contributed by atoms with Crippen molar-refractivity contribution in [2.75, 3.05) is 13.2 Å². The Hall–Kier alpha value is -2.49. The Kier molecular flexibility index (Phi) is 6.67. The van der Waals surface area contributed by atoms with Crippen LogP contribution in [0, 0.1) is 6.92 Å². The lowest BCUT2D eigenvalue weighted by Gasteiger charge is -2.19. The molecule has 0 aromatic heterocycles. The van der Waals surface area contributed by atoms with Crippen LogP contribution in [0.1, 0.15) is 38.8 Å². The van der Waals surface area contributed by atoms with Gasteiger partial charge in [0, 0.05) is 0 Å². The lowest BCUT2D eigenvalue weighted by Crippen LogP contribution is -2.39. The Bertz CT molecular complexity index is 700. The maximum Gasteiger partial charge on any atom is 0.258 e. The van der Waals surface area contributed by atoms with Gasteiger partial charge in [-0.05, 0) is 49.1 Å². The van der Waals surface area contributed by atoms with Crippen LogP contribution in [0.3, 0.4) is 0 Å². The molecule has 2 aromatic carbocycles. The van der Waals surface area contributed by atoms with E-state index < -0.39 is 0 Å². The third kappa shape index (κ3) is 6.43. The van der Waals surface area contributed by atoms with E-state index in [1.807, 2.05) is 62.4 Å². The average molecular weight is 355 g/mol. The van der Waals surface area contributed by atoms with Gasteiger partial charge >= 0.3 is 0 Å². The third-order valence-electron chi connectivity index (χ3n) is 4.02. The van der Waals surface area contributed by atoms with Crippen molar-refractivity contribution in [2.45, 2.75) is 46.1 Å². The molecule has 2 aromatic rings. The van der Waals surface area contributed by atoms with Gasteiger partial charge in [-0.15, -0.1) is 0 Å². The highest BCUT2D eigenvalue weighted by molar-refractivity contribution is 5.77. The molecule has 0 fully saturated rings. The summed E-state index contributed by atoms with van der Waals surface area (Å²) in [6.07, 6.45) is 0. The van der Waals surface area contributed by atoms with Crippen LogP contribution < -0.4 is 14.8 Å². The van der Waals surface area contributed by atoms with E-state index >= 15 is 0 Å². The maximum absolute atomic E-state index is 12.0. The second-order valence-corrected chi connectivity index (χ2v) is 7.66. The number of nitrogens with one attached hydrogen (secondary N) is 1. The fourth-order valence-corrected chi connectivity index (χ4v) is 2.41. The topological polar surface area (TPSA) is 47.6 Å². The molecular formula is C22H29NO3. The van der Waals surface area contributed by atoms with E-state index in [4.69, 9.17) is 9.47 Å². The number of hydrogen-bond donors (Lipinski definition) is 1. The summed E-state index contributed by atoms with van der Waals surface area (Å²) in [5, 5.41) is 2.88. The summed E-state index contributed by atoms with van der Waals surface area (Å²) < 4.78 is 11.2. The largest absolute Gasteiger partial charge is 0.491 e. The first kappa shape index (κ1) is 19.8. The molecule has 4 nitrogen and oxygen atoms in total. The van der Waals surface area contributed by atoms with Gasteiger partial charge in [0.15, 0.2) is 6.61 Å². The molecule has 2 rings (SSSR count). The SMILES string of the molecule is Cc1ccc(OC[C@@H](C)NC(=O)COc2ccc(C(C)(C)C)cc2)cc1. The molecule has 4 heteroatoms. The number of benzene rings is 2. The van der Waals surface area contributed by atoms with Crippen molar-refractivity contribution in [2.24, 2.45) is 0 Å². The van der Waals surface area contributed by atoms with Crippen molar-refractivity contribution < 1.29 is 14.3 Å².